The zero-order valence-corrected chi connectivity index (χ0v) is 23.6. The molecule has 0 spiro atoms. The van der Waals surface area contributed by atoms with E-state index in [1.165, 1.54) is 4.57 Å². The van der Waals surface area contributed by atoms with Crippen LogP contribution in [-0.4, -0.2) is 24.7 Å². The van der Waals surface area contributed by atoms with Crippen LogP contribution in [0.15, 0.2) is 95.8 Å². The fourth-order valence-corrected chi connectivity index (χ4v) is 5.68. The van der Waals surface area contributed by atoms with E-state index in [4.69, 9.17) is 11.1 Å². The van der Waals surface area contributed by atoms with Crippen molar-refractivity contribution < 1.29 is 13.2 Å². The number of pyridine rings is 1. The molecule has 41 heavy (non-hydrogen) atoms. The Hall–Kier alpha value is -4.70. The molecule has 10 heteroatoms. The minimum Gasteiger partial charge on any atom is -0.384 e. The largest absolute Gasteiger partial charge is 0.384 e. The van der Waals surface area contributed by atoms with Crippen LogP contribution in [0.2, 0.25) is 0 Å². The normalized spacial score (nSPS) is 11.1. The second kappa shape index (κ2) is 13.1. The maximum atomic E-state index is 13.7. The topological polar surface area (TPSA) is 147 Å². The highest BCUT2D eigenvalue weighted by Crippen LogP contribution is 2.19. The van der Waals surface area contributed by atoms with Crippen LogP contribution in [-0.2, 0) is 46.5 Å². The Balaban J connectivity index is 1.57. The van der Waals surface area contributed by atoms with Gasteiger partial charge in [0.25, 0.3) is 5.56 Å². The molecule has 1 amide bonds. The van der Waals surface area contributed by atoms with Gasteiger partial charge in [-0.1, -0.05) is 84.9 Å². The predicted octanol–water partition coefficient (Wildman–Crippen LogP) is 3.48. The summed E-state index contributed by atoms with van der Waals surface area (Å²) in [7, 11) is -3.92. The summed E-state index contributed by atoms with van der Waals surface area (Å²) < 4.78 is 30.1. The quantitative estimate of drug-likeness (QED) is 0.152. The Labute approximate surface area is 239 Å². The van der Waals surface area contributed by atoms with Gasteiger partial charge in [-0.15, -0.1) is 0 Å². The molecule has 4 rings (SSSR count). The number of aryl methyl sites for hydroxylation is 3. The van der Waals surface area contributed by atoms with Crippen molar-refractivity contribution in [3.8, 4) is 0 Å². The Morgan fingerprint density at radius 1 is 0.878 bits per heavy atom. The molecule has 0 aliphatic heterocycles. The second-order valence-electron chi connectivity index (χ2n) is 9.80. The van der Waals surface area contributed by atoms with Crippen LogP contribution in [0, 0.1) is 12.3 Å². The molecule has 1 heterocycles. The van der Waals surface area contributed by atoms with Crippen LogP contribution in [0.1, 0.15) is 33.5 Å². The lowest BCUT2D eigenvalue weighted by Gasteiger charge is -2.18. The van der Waals surface area contributed by atoms with Gasteiger partial charge in [0.15, 0.2) is 0 Å². The number of nitrogens with one attached hydrogen (secondary N) is 3. The van der Waals surface area contributed by atoms with Crippen molar-refractivity contribution >= 4 is 27.5 Å². The van der Waals surface area contributed by atoms with E-state index in [1.54, 1.807) is 67.6 Å². The number of aromatic nitrogens is 1. The van der Waals surface area contributed by atoms with E-state index in [1.807, 2.05) is 30.3 Å². The molecule has 0 radical (unpaired) electrons. The summed E-state index contributed by atoms with van der Waals surface area (Å²) in [6.07, 6.45) is 1.05. The highest BCUT2D eigenvalue weighted by Gasteiger charge is 2.20. The van der Waals surface area contributed by atoms with Gasteiger partial charge in [-0.2, -0.15) is 0 Å². The van der Waals surface area contributed by atoms with Gasteiger partial charge in [-0.05, 0) is 48.1 Å². The summed E-state index contributed by atoms with van der Waals surface area (Å²) >= 11 is 0. The average Bonchev–Trinajstić information content (AvgIpc) is 2.96. The number of amidine groups is 1. The highest BCUT2D eigenvalue weighted by molar-refractivity contribution is 7.91. The van der Waals surface area contributed by atoms with Crippen LogP contribution in [0.3, 0.4) is 0 Å². The van der Waals surface area contributed by atoms with E-state index < -0.39 is 21.5 Å². The summed E-state index contributed by atoms with van der Waals surface area (Å²) in [5.41, 5.74) is 9.01. The number of hydrogen-bond acceptors (Lipinski definition) is 5. The summed E-state index contributed by atoms with van der Waals surface area (Å²) in [6.45, 7) is 1.67. The van der Waals surface area contributed by atoms with Crippen LogP contribution in [0.4, 0.5) is 5.69 Å². The molecular weight excluding hydrogens is 538 g/mol. The van der Waals surface area contributed by atoms with E-state index in [0.717, 1.165) is 11.1 Å². The van der Waals surface area contributed by atoms with Crippen molar-refractivity contribution in [1.29, 1.82) is 5.41 Å². The molecule has 0 aliphatic carbocycles. The smallest absolute Gasteiger partial charge is 0.275 e. The molecule has 212 valence electrons. The number of amides is 1. The molecule has 5 N–H and O–H groups in total. The summed E-state index contributed by atoms with van der Waals surface area (Å²) in [4.78, 5) is 26.5. The second-order valence-corrected chi connectivity index (χ2v) is 11.5. The van der Waals surface area contributed by atoms with Crippen LogP contribution in [0.5, 0.6) is 0 Å². The number of nitrogen functional groups attached to an aromatic ring is 1. The SMILES string of the molecule is Cc1cc(CCc2ccccc2)c(NS(=O)(=O)Cc2ccccc2)c(=O)n1CC(=O)NCc1ccc(C(=N)N)cc1. The molecule has 0 atom stereocenters. The number of carbonyl (C=O) groups excluding carboxylic acids is 1. The number of carbonyl (C=O) groups is 1. The maximum absolute atomic E-state index is 13.7. The average molecular weight is 572 g/mol. The third kappa shape index (κ3) is 8.15. The summed E-state index contributed by atoms with van der Waals surface area (Å²) in [5, 5.41) is 10.3. The first-order valence-electron chi connectivity index (χ1n) is 13.1. The van der Waals surface area contributed by atoms with Crippen molar-refractivity contribution in [3.05, 3.63) is 135 Å². The number of nitrogens with two attached hydrogens (primary N) is 1. The summed E-state index contributed by atoms with van der Waals surface area (Å²) in [5.74, 6) is -0.735. The van der Waals surface area contributed by atoms with Gasteiger partial charge in [-0.25, -0.2) is 8.42 Å². The molecule has 4 aromatic rings. The Morgan fingerprint density at radius 3 is 2.10 bits per heavy atom. The molecule has 0 aliphatic rings. The van der Waals surface area contributed by atoms with Crippen molar-refractivity contribution in [2.45, 2.75) is 38.6 Å². The molecule has 0 saturated carbocycles. The zero-order chi connectivity index (χ0) is 29.4. The number of rotatable bonds is 12. The number of hydrogen-bond donors (Lipinski definition) is 4. The molecule has 0 saturated heterocycles. The Kier molecular flexibility index (Phi) is 9.36. The van der Waals surface area contributed by atoms with E-state index in [-0.39, 0.29) is 30.4 Å². The van der Waals surface area contributed by atoms with Gasteiger partial charge < -0.3 is 15.6 Å². The van der Waals surface area contributed by atoms with Crippen molar-refractivity contribution in [3.63, 3.8) is 0 Å². The number of anilines is 1. The summed E-state index contributed by atoms with van der Waals surface area (Å²) in [6, 6.07) is 27.1. The number of sulfonamides is 1. The molecular formula is C31H33N5O4S. The Morgan fingerprint density at radius 2 is 1.49 bits per heavy atom. The van der Waals surface area contributed by atoms with Gasteiger partial charge in [0.2, 0.25) is 15.9 Å². The minimum atomic E-state index is -3.92. The van der Waals surface area contributed by atoms with Crippen molar-refractivity contribution in [1.82, 2.24) is 9.88 Å². The van der Waals surface area contributed by atoms with E-state index in [0.29, 0.717) is 35.2 Å². The lowest BCUT2D eigenvalue weighted by molar-refractivity contribution is -0.121. The van der Waals surface area contributed by atoms with Gasteiger partial charge in [-0.3, -0.25) is 19.7 Å². The minimum absolute atomic E-state index is 0.0437. The van der Waals surface area contributed by atoms with Gasteiger partial charge in [0.1, 0.15) is 18.1 Å². The van der Waals surface area contributed by atoms with Gasteiger partial charge in [0.05, 0.1) is 5.75 Å². The van der Waals surface area contributed by atoms with Crippen molar-refractivity contribution in [2.24, 2.45) is 5.73 Å². The lowest BCUT2D eigenvalue weighted by Crippen LogP contribution is -2.35. The van der Waals surface area contributed by atoms with Crippen molar-refractivity contribution in [2.75, 3.05) is 4.72 Å². The maximum Gasteiger partial charge on any atom is 0.275 e. The number of benzene rings is 3. The van der Waals surface area contributed by atoms with E-state index in [2.05, 4.69) is 10.0 Å². The molecule has 1 aromatic heterocycles. The molecule has 9 nitrogen and oxygen atoms in total. The van der Waals surface area contributed by atoms with E-state index >= 15 is 0 Å². The fraction of sp³-hybridized carbons (Fsp3) is 0.194. The fourth-order valence-electron chi connectivity index (χ4n) is 4.45. The standard InChI is InChI=1S/C31H33N5O4S/c1-22-18-27(17-12-23-8-4-2-5-9-23)29(35-41(39,40)21-25-10-6-3-7-11-25)31(38)36(22)20-28(37)34-19-24-13-15-26(16-14-24)30(32)33/h2-11,13-16,18,35H,12,17,19-21H2,1H3,(H3,32,33)(H,34,37). The first-order chi connectivity index (χ1) is 19.6. The molecule has 0 unspecified atom stereocenters. The Bertz CT molecular complexity index is 1680. The zero-order valence-electron chi connectivity index (χ0n) is 22.8. The van der Waals surface area contributed by atoms with Gasteiger partial charge >= 0.3 is 0 Å². The molecule has 0 bridgehead atoms. The third-order valence-electron chi connectivity index (χ3n) is 6.63. The first-order valence-corrected chi connectivity index (χ1v) is 14.8. The van der Waals surface area contributed by atoms with Crippen LogP contribution in [0.25, 0.3) is 0 Å². The predicted molar refractivity (Wildman–Crippen MR) is 161 cm³/mol. The number of nitrogens with zero attached hydrogens (tertiary/aromatic N) is 1. The molecule has 0 fully saturated rings. The van der Waals surface area contributed by atoms with Gasteiger partial charge in [0, 0.05) is 17.8 Å². The molecule has 3 aromatic carbocycles. The monoisotopic (exact) mass is 571 g/mol. The van der Waals surface area contributed by atoms with E-state index in [9.17, 15) is 18.0 Å². The lowest BCUT2D eigenvalue weighted by atomic mass is 10.0. The highest BCUT2D eigenvalue weighted by atomic mass is 32.2. The first kappa shape index (κ1) is 29.3. The van der Waals surface area contributed by atoms with Crippen LogP contribution >= 0.6 is 0 Å². The third-order valence-corrected chi connectivity index (χ3v) is 7.86. The van der Waals surface area contributed by atoms with Crippen LogP contribution < -0.4 is 21.3 Å².